The van der Waals surface area contributed by atoms with Gasteiger partial charge < -0.3 is 5.32 Å². The number of amides is 1. The quantitative estimate of drug-likeness (QED) is 0.881. The van der Waals surface area contributed by atoms with E-state index in [0.29, 0.717) is 5.02 Å². The molecule has 1 N–H and O–H groups in total. The summed E-state index contributed by atoms with van der Waals surface area (Å²) in [6.07, 6.45) is 0. The number of carbonyl (C=O) groups is 1. The van der Waals surface area contributed by atoms with Gasteiger partial charge in [0, 0.05) is 19.1 Å². The summed E-state index contributed by atoms with van der Waals surface area (Å²) in [7, 11) is -0.893. The van der Waals surface area contributed by atoms with Crippen LogP contribution in [0.2, 0.25) is 5.02 Å². The monoisotopic (exact) mass is 276 g/mol. The predicted octanol–water partition coefficient (Wildman–Crippen LogP) is 0.707. The van der Waals surface area contributed by atoms with Crippen molar-refractivity contribution in [2.24, 2.45) is 0 Å². The lowest BCUT2D eigenvalue weighted by Crippen LogP contribution is -2.36. The minimum absolute atomic E-state index is 0.0661. The van der Waals surface area contributed by atoms with Crippen LogP contribution < -0.4 is 5.32 Å². The molecule has 0 radical (unpaired) electrons. The van der Waals surface area contributed by atoms with Crippen molar-refractivity contribution < 1.29 is 13.2 Å². The highest BCUT2D eigenvalue weighted by Crippen LogP contribution is 2.18. The molecule has 0 aliphatic rings. The number of benzene rings is 1. The number of likely N-dealkylation sites (N-methyl/N-ethyl adjacent to an activating group) is 2. The molecule has 1 aromatic rings. The molecule has 0 atom stereocenters. The maximum atomic E-state index is 12.0. The van der Waals surface area contributed by atoms with Crippen LogP contribution in [0.25, 0.3) is 0 Å². The molecule has 0 aromatic heterocycles. The maximum Gasteiger partial charge on any atom is 0.243 e. The fourth-order valence-electron chi connectivity index (χ4n) is 1.17. The topological polar surface area (TPSA) is 66.5 Å². The smallest absolute Gasteiger partial charge is 0.243 e. The summed E-state index contributed by atoms with van der Waals surface area (Å²) in [6, 6.07) is 5.90. The van der Waals surface area contributed by atoms with E-state index in [1.807, 2.05) is 0 Å². The molecule has 7 heteroatoms. The third-order valence-corrected chi connectivity index (χ3v) is 4.18. The lowest BCUT2D eigenvalue weighted by molar-refractivity contribution is -0.120. The Morgan fingerprint density at radius 3 is 2.65 bits per heavy atom. The van der Waals surface area contributed by atoms with E-state index >= 15 is 0 Å². The lowest BCUT2D eigenvalue weighted by Gasteiger charge is -2.16. The first kappa shape index (κ1) is 14.0. The minimum Gasteiger partial charge on any atom is -0.358 e. The van der Waals surface area contributed by atoms with Gasteiger partial charge in [0.15, 0.2) is 0 Å². The summed E-state index contributed by atoms with van der Waals surface area (Å²) in [4.78, 5) is 11.2. The fourth-order valence-corrected chi connectivity index (χ4v) is 2.60. The van der Waals surface area contributed by atoms with Crippen LogP contribution in [-0.2, 0) is 14.8 Å². The van der Waals surface area contributed by atoms with Gasteiger partial charge in [-0.1, -0.05) is 17.7 Å². The SMILES string of the molecule is CNC(=O)CN(C)S(=O)(=O)c1cccc(Cl)c1. The van der Waals surface area contributed by atoms with Gasteiger partial charge in [0.25, 0.3) is 0 Å². The summed E-state index contributed by atoms with van der Waals surface area (Å²) in [6.45, 7) is -0.231. The zero-order valence-corrected chi connectivity index (χ0v) is 11.0. The molecule has 0 aliphatic heterocycles. The number of halogens is 1. The van der Waals surface area contributed by atoms with Crippen LogP contribution in [0.3, 0.4) is 0 Å². The predicted molar refractivity (Wildman–Crippen MR) is 65.3 cm³/mol. The summed E-state index contributed by atoms with van der Waals surface area (Å²) in [5, 5.41) is 2.69. The highest BCUT2D eigenvalue weighted by atomic mass is 35.5. The molecule has 17 heavy (non-hydrogen) atoms. The molecule has 0 bridgehead atoms. The van der Waals surface area contributed by atoms with Crippen LogP contribution in [0.4, 0.5) is 0 Å². The summed E-state index contributed by atoms with van der Waals surface area (Å²) < 4.78 is 25.0. The van der Waals surface area contributed by atoms with Crippen molar-refractivity contribution >= 4 is 27.5 Å². The van der Waals surface area contributed by atoms with Gasteiger partial charge >= 0.3 is 0 Å². The number of hydrogen-bond acceptors (Lipinski definition) is 3. The number of nitrogens with zero attached hydrogens (tertiary/aromatic N) is 1. The molecule has 5 nitrogen and oxygen atoms in total. The fraction of sp³-hybridized carbons (Fsp3) is 0.300. The van der Waals surface area contributed by atoms with Gasteiger partial charge in [0.05, 0.1) is 11.4 Å². The average Bonchev–Trinajstić information content (AvgIpc) is 2.28. The number of sulfonamides is 1. The number of carbonyl (C=O) groups excluding carboxylic acids is 1. The molecule has 1 rings (SSSR count). The second-order valence-electron chi connectivity index (χ2n) is 3.39. The first-order chi connectivity index (χ1) is 7.87. The average molecular weight is 277 g/mol. The van der Waals surface area contributed by atoms with E-state index in [1.165, 1.54) is 26.2 Å². The Labute approximate surface area is 105 Å². The Morgan fingerprint density at radius 2 is 2.12 bits per heavy atom. The first-order valence-electron chi connectivity index (χ1n) is 4.80. The van der Waals surface area contributed by atoms with Crippen molar-refractivity contribution in [2.45, 2.75) is 4.90 Å². The van der Waals surface area contributed by atoms with Crippen molar-refractivity contribution in [3.8, 4) is 0 Å². The molecule has 1 amide bonds. The molecule has 0 saturated heterocycles. The Morgan fingerprint density at radius 1 is 1.47 bits per heavy atom. The summed E-state index contributed by atoms with van der Waals surface area (Å²) >= 11 is 5.73. The second-order valence-corrected chi connectivity index (χ2v) is 5.87. The van der Waals surface area contributed by atoms with E-state index < -0.39 is 10.0 Å². The van der Waals surface area contributed by atoms with Gasteiger partial charge in [-0.2, -0.15) is 4.31 Å². The van der Waals surface area contributed by atoms with E-state index in [0.717, 1.165) is 4.31 Å². The number of rotatable bonds is 4. The number of hydrogen-bond donors (Lipinski definition) is 1. The Balaban J connectivity index is 2.99. The van der Waals surface area contributed by atoms with Gasteiger partial charge in [-0.25, -0.2) is 8.42 Å². The zero-order valence-electron chi connectivity index (χ0n) is 9.47. The van der Waals surface area contributed by atoms with Gasteiger partial charge in [-0.05, 0) is 18.2 Å². The van der Waals surface area contributed by atoms with Crippen molar-refractivity contribution in [1.82, 2.24) is 9.62 Å². The van der Waals surface area contributed by atoms with Gasteiger partial charge in [-0.3, -0.25) is 4.79 Å². The van der Waals surface area contributed by atoms with E-state index in [4.69, 9.17) is 11.6 Å². The standard InChI is InChI=1S/C10H13ClN2O3S/c1-12-10(14)7-13(2)17(15,16)9-5-3-4-8(11)6-9/h3-6H,7H2,1-2H3,(H,12,14). The molecule has 0 aliphatic carbocycles. The normalized spacial score (nSPS) is 11.5. The molecule has 0 heterocycles. The molecule has 1 aromatic carbocycles. The molecule has 94 valence electrons. The molecule has 0 spiro atoms. The number of nitrogens with one attached hydrogen (secondary N) is 1. The molecule has 0 saturated carbocycles. The lowest BCUT2D eigenvalue weighted by atomic mass is 10.4. The second kappa shape index (κ2) is 5.48. The van der Waals surface area contributed by atoms with E-state index in [2.05, 4.69) is 5.32 Å². The van der Waals surface area contributed by atoms with Crippen LogP contribution in [0, 0.1) is 0 Å². The largest absolute Gasteiger partial charge is 0.358 e. The molecular formula is C10H13ClN2O3S. The van der Waals surface area contributed by atoms with Crippen molar-refractivity contribution in [3.63, 3.8) is 0 Å². The van der Waals surface area contributed by atoms with Crippen molar-refractivity contribution in [3.05, 3.63) is 29.3 Å². The summed E-state index contributed by atoms with van der Waals surface area (Å²) in [5.41, 5.74) is 0. The van der Waals surface area contributed by atoms with Crippen LogP contribution in [0.5, 0.6) is 0 Å². The third-order valence-electron chi connectivity index (χ3n) is 2.15. The highest BCUT2D eigenvalue weighted by molar-refractivity contribution is 7.89. The van der Waals surface area contributed by atoms with Crippen LogP contribution in [0.15, 0.2) is 29.2 Å². The van der Waals surface area contributed by atoms with Crippen molar-refractivity contribution in [1.29, 1.82) is 0 Å². The third kappa shape index (κ3) is 3.42. The maximum absolute atomic E-state index is 12.0. The summed E-state index contributed by atoms with van der Waals surface area (Å²) in [5.74, 6) is -0.377. The van der Waals surface area contributed by atoms with E-state index in [1.54, 1.807) is 12.1 Å². The van der Waals surface area contributed by atoms with E-state index in [9.17, 15) is 13.2 Å². The Hall–Kier alpha value is -1.11. The zero-order chi connectivity index (χ0) is 13.1. The molecular weight excluding hydrogens is 264 g/mol. The van der Waals surface area contributed by atoms with Gasteiger partial charge in [0.1, 0.15) is 0 Å². The minimum atomic E-state index is -3.68. The first-order valence-corrected chi connectivity index (χ1v) is 6.62. The van der Waals surface area contributed by atoms with Gasteiger partial charge in [0.2, 0.25) is 15.9 Å². The van der Waals surface area contributed by atoms with Crippen LogP contribution in [-0.4, -0.2) is 39.3 Å². The van der Waals surface area contributed by atoms with Crippen LogP contribution >= 0.6 is 11.6 Å². The van der Waals surface area contributed by atoms with Gasteiger partial charge in [-0.15, -0.1) is 0 Å². The Kier molecular flexibility index (Phi) is 4.50. The van der Waals surface area contributed by atoms with Crippen LogP contribution in [0.1, 0.15) is 0 Å². The molecule has 0 unspecified atom stereocenters. The van der Waals surface area contributed by atoms with E-state index in [-0.39, 0.29) is 17.3 Å². The highest BCUT2D eigenvalue weighted by Gasteiger charge is 2.22. The Bertz CT molecular complexity index is 516. The molecule has 0 fully saturated rings. The van der Waals surface area contributed by atoms with Crippen molar-refractivity contribution in [2.75, 3.05) is 20.6 Å².